The average Bonchev–Trinajstić information content (AvgIpc) is 3.66. The Morgan fingerprint density at radius 1 is 0.615 bits per heavy atom. The van der Waals surface area contributed by atoms with Crippen molar-refractivity contribution in [1.82, 2.24) is 19.1 Å². The molecule has 5 aromatic carbocycles. The van der Waals surface area contributed by atoms with Crippen LogP contribution < -0.4 is 16.4 Å². The number of rotatable bonds is 0. The third kappa shape index (κ3) is 1.61. The van der Waals surface area contributed by atoms with E-state index in [1.807, 2.05) is 0 Å². The molecule has 3 aliphatic heterocycles. The lowest BCUT2D eigenvalue weighted by Gasteiger charge is -2.33. The molecule has 0 fully saturated rings. The van der Waals surface area contributed by atoms with Gasteiger partial charge in [0.05, 0.1) is 22.1 Å². The zero-order chi connectivity index (χ0) is 25.0. The third-order valence-corrected chi connectivity index (χ3v) is 9.67. The molecular formula is C32H15BN4O2. The first kappa shape index (κ1) is 18.3. The van der Waals surface area contributed by atoms with Gasteiger partial charge in [-0.25, -0.2) is 9.97 Å². The summed E-state index contributed by atoms with van der Waals surface area (Å²) in [5, 5.41) is 6.86. The Morgan fingerprint density at radius 3 is 1.64 bits per heavy atom. The number of aromatic nitrogens is 4. The van der Waals surface area contributed by atoms with Crippen molar-refractivity contribution in [2.45, 2.75) is 13.8 Å². The summed E-state index contributed by atoms with van der Waals surface area (Å²) in [5.74, 6) is 1.98. The molecule has 0 atom stereocenters. The monoisotopic (exact) mass is 498 g/mol. The quantitative estimate of drug-likeness (QED) is 0.263. The van der Waals surface area contributed by atoms with Gasteiger partial charge >= 0.3 is 0 Å². The van der Waals surface area contributed by atoms with Gasteiger partial charge in [0.2, 0.25) is 0 Å². The molecule has 0 spiro atoms. The van der Waals surface area contributed by atoms with Crippen molar-refractivity contribution in [1.29, 1.82) is 0 Å². The molecule has 0 radical (unpaired) electrons. The molecule has 0 bridgehead atoms. The molecule has 0 saturated heterocycles. The van der Waals surface area contributed by atoms with Crippen molar-refractivity contribution in [3.05, 3.63) is 66.2 Å². The van der Waals surface area contributed by atoms with Crippen LogP contribution in [0, 0.1) is 13.8 Å². The molecule has 3 aliphatic rings. The van der Waals surface area contributed by atoms with E-state index in [4.69, 9.17) is 18.8 Å². The Kier molecular flexibility index (Phi) is 2.47. The summed E-state index contributed by atoms with van der Waals surface area (Å²) < 4.78 is 18.4. The van der Waals surface area contributed by atoms with Gasteiger partial charge in [0.1, 0.15) is 34.0 Å². The summed E-state index contributed by atoms with van der Waals surface area (Å²) >= 11 is 0. The number of imidazole rings is 2. The van der Waals surface area contributed by atoms with E-state index in [0.29, 0.717) is 0 Å². The molecule has 0 unspecified atom stereocenters. The van der Waals surface area contributed by atoms with E-state index in [-0.39, 0.29) is 6.71 Å². The standard InChI is InChI=1S/C32H15BN4O2/c1-12-34-16-10-20-22-24-25-23-21(39-32(25)15-7-4-3-6-14(15)31(24)38-20)11-17-30-28(23)33-26-18(36(12)29(16)27(22)33)8-5-9-19(26)37(30)13(2)35-17/h3-11H,1-2H3. The first-order valence-corrected chi connectivity index (χ1v) is 13.4. The number of hydrogen-bond donors (Lipinski definition) is 0. The molecule has 4 aromatic heterocycles. The van der Waals surface area contributed by atoms with E-state index in [1.165, 1.54) is 49.6 Å². The number of nitrogens with zero attached hydrogens (tertiary/aromatic N) is 4. The van der Waals surface area contributed by atoms with Crippen LogP contribution in [0.1, 0.15) is 11.6 Å². The Bertz CT molecular complexity index is 2570. The van der Waals surface area contributed by atoms with E-state index < -0.39 is 0 Å². The molecule has 39 heavy (non-hydrogen) atoms. The van der Waals surface area contributed by atoms with Gasteiger partial charge in [-0.2, -0.15) is 0 Å². The minimum absolute atomic E-state index is 0.0258. The third-order valence-electron chi connectivity index (χ3n) is 9.67. The highest BCUT2D eigenvalue weighted by Gasteiger charge is 2.46. The van der Waals surface area contributed by atoms with Crippen LogP contribution in [0.15, 0.2) is 63.4 Å². The fourth-order valence-electron chi connectivity index (χ4n) is 8.49. The molecule has 0 aliphatic carbocycles. The van der Waals surface area contributed by atoms with E-state index in [1.54, 1.807) is 0 Å². The highest BCUT2D eigenvalue weighted by atomic mass is 16.3. The predicted molar refractivity (Wildman–Crippen MR) is 155 cm³/mol. The molecule has 178 valence electrons. The summed E-state index contributed by atoms with van der Waals surface area (Å²) in [6, 6.07) is 19.4. The van der Waals surface area contributed by atoms with Crippen molar-refractivity contribution in [3.63, 3.8) is 0 Å². The minimum Gasteiger partial charge on any atom is -0.455 e. The largest absolute Gasteiger partial charge is 0.455 e. The topological polar surface area (TPSA) is 61.9 Å². The fraction of sp³-hybridized carbons (Fsp3) is 0.0625. The molecule has 0 amide bonds. The van der Waals surface area contributed by atoms with Gasteiger partial charge < -0.3 is 8.83 Å². The molecule has 7 heteroatoms. The van der Waals surface area contributed by atoms with E-state index >= 15 is 0 Å². The SMILES string of the molecule is Cc1nc2cc3oc4c5ccccc5c5oc6cc7nc(C)n8c7c7c6c5c4c3c3c2n1-c1cccc-8c1B37. The summed E-state index contributed by atoms with van der Waals surface area (Å²) in [6.45, 7) is 4.24. The first-order chi connectivity index (χ1) is 19.2. The second-order valence-electron chi connectivity index (χ2n) is 11.4. The Hall–Kier alpha value is -5.04. The van der Waals surface area contributed by atoms with Crippen LogP contribution in [0.4, 0.5) is 0 Å². The predicted octanol–water partition coefficient (Wildman–Crippen LogP) is 5.39. The van der Waals surface area contributed by atoms with Gasteiger partial charge in [0.15, 0.2) is 0 Å². The summed E-state index contributed by atoms with van der Waals surface area (Å²) in [5.41, 5.74) is 14.3. The van der Waals surface area contributed by atoms with Gasteiger partial charge in [0.25, 0.3) is 6.71 Å². The van der Waals surface area contributed by atoms with Crippen molar-refractivity contribution >= 4 is 99.8 Å². The van der Waals surface area contributed by atoms with Crippen molar-refractivity contribution < 1.29 is 8.83 Å². The second kappa shape index (κ2) is 5.27. The fourth-order valence-corrected chi connectivity index (χ4v) is 8.49. The van der Waals surface area contributed by atoms with Crippen molar-refractivity contribution in [3.8, 4) is 11.4 Å². The van der Waals surface area contributed by atoms with Gasteiger partial charge in [-0.1, -0.05) is 30.3 Å². The van der Waals surface area contributed by atoms with E-state index in [0.717, 1.165) is 66.6 Å². The van der Waals surface area contributed by atoms with Crippen molar-refractivity contribution in [2.24, 2.45) is 0 Å². The van der Waals surface area contributed by atoms with Crippen LogP contribution in [0.5, 0.6) is 0 Å². The normalized spacial score (nSPS) is 14.4. The molecule has 9 aromatic rings. The maximum atomic E-state index is 6.81. The zero-order valence-corrected chi connectivity index (χ0v) is 20.9. The molecule has 0 N–H and O–H groups in total. The lowest BCUT2D eigenvalue weighted by Crippen LogP contribution is -2.59. The van der Waals surface area contributed by atoms with Gasteiger partial charge in [0, 0.05) is 55.8 Å². The van der Waals surface area contributed by atoms with Crippen LogP contribution >= 0.6 is 0 Å². The van der Waals surface area contributed by atoms with Gasteiger partial charge in [-0.05, 0) is 42.4 Å². The number of aryl methyl sites for hydroxylation is 2. The highest BCUT2D eigenvalue weighted by molar-refractivity contribution is 7.03. The first-order valence-electron chi connectivity index (χ1n) is 13.4. The summed E-state index contributed by atoms with van der Waals surface area (Å²) in [6.07, 6.45) is 0. The van der Waals surface area contributed by atoms with Gasteiger partial charge in [-0.15, -0.1) is 0 Å². The van der Waals surface area contributed by atoms with Crippen LogP contribution in [-0.2, 0) is 0 Å². The minimum atomic E-state index is 0.0258. The molecule has 12 rings (SSSR count). The average molecular weight is 498 g/mol. The van der Waals surface area contributed by atoms with E-state index in [2.05, 4.69) is 77.6 Å². The molecular weight excluding hydrogens is 483 g/mol. The van der Waals surface area contributed by atoms with Crippen LogP contribution in [0.3, 0.4) is 0 Å². The van der Waals surface area contributed by atoms with Crippen LogP contribution in [0.2, 0.25) is 0 Å². The Morgan fingerprint density at radius 2 is 1.13 bits per heavy atom. The molecule has 7 heterocycles. The van der Waals surface area contributed by atoms with Gasteiger partial charge in [-0.3, -0.25) is 9.13 Å². The Labute approximate surface area is 219 Å². The summed E-state index contributed by atoms with van der Waals surface area (Å²) in [4.78, 5) is 10.2. The smallest absolute Gasteiger partial charge is 0.254 e. The maximum absolute atomic E-state index is 6.81. The highest BCUT2D eigenvalue weighted by Crippen LogP contribution is 2.48. The lowest BCUT2D eigenvalue weighted by atomic mass is 9.33. The summed E-state index contributed by atoms with van der Waals surface area (Å²) in [7, 11) is 0. The van der Waals surface area contributed by atoms with Crippen molar-refractivity contribution in [2.75, 3.05) is 0 Å². The zero-order valence-electron chi connectivity index (χ0n) is 20.9. The van der Waals surface area contributed by atoms with Crippen LogP contribution in [0.25, 0.3) is 88.1 Å². The number of benzene rings is 5. The molecule has 0 saturated carbocycles. The number of fused-ring (bicyclic) bond motifs is 5. The molecule has 6 nitrogen and oxygen atoms in total. The lowest BCUT2D eigenvalue weighted by molar-refractivity contribution is 0.669. The number of furan rings is 2. The van der Waals surface area contributed by atoms with E-state index in [9.17, 15) is 0 Å². The second-order valence-corrected chi connectivity index (χ2v) is 11.4. The Balaban J connectivity index is 1.56. The maximum Gasteiger partial charge on any atom is 0.254 e. The number of hydrogen-bond acceptors (Lipinski definition) is 4. The van der Waals surface area contributed by atoms with Crippen LogP contribution in [-0.4, -0.2) is 25.8 Å².